The smallest absolute Gasteiger partial charge is 0.169 e. The first kappa shape index (κ1) is 6.15. The molecule has 0 bridgehead atoms. The third kappa shape index (κ3) is 0.899. The van der Waals surface area contributed by atoms with Crippen molar-refractivity contribution in [3.63, 3.8) is 0 Å². The van der Waals surface area contributed by atoms with Crippen LogP contribution < -0.4 is 0 Å². The van der Waals surface area contributed by atoms with Crippen LogP contribution in [0.4, 0.5) is 0 Å². The molecule has 2 atom stereocenters. The van der Waals surface area contributed by atoms with Crippen LogP contribution in [0.2, 0.25) is 0 Å². The van der Waals surface area contributed by atoms with Crippen molar-refractivity contribution < 1.29 is 8.76 Å². The minimum absolute atomic E-state index is 0.400. The topological polar surface area (TPSA) is 63.6 Å². The highest BCUT2D eigenvalue weighted by Crippen LogP contribution is 2.16. The fraction of sp³-hybridized carbons (Fsp3) is 1.00. The van der Waals surface area contributed by atoms with E-state index in [1.54, 1.807) is 0 Å². The molecule has 0 amide bonds. The zero-order valence-corrected chi connectivity index (χ0v) is 4.93. The summed E-state index contributed by atoms with van der Waals surface area (Å²) in [5.74, 6) is 0. The highest BCUT2D eigenvalue weighted by molar-refractivity contribution is 7.79. The molecule has 5 heteroatoms. The van der Waals surface area contributed by atoms with E-state index in [-0.39, 0.29) is 0 Å². The van der Waals surface area contributed by atoms with Crippen molar-refractivity contribution in [1.29, 1.82) is 0 Å². The van der Waals surface area contributed by atoms with Crippen molar-refractivity contribution >= 4 is 11.1 Å². The Labute approximate surface area is 49.3 Å². The Balaban J connectivity index is 2.37. The average Bonchev–Trinajstić information content (AvgIpc) is 1.61. The van der Waals surface area contributed by atoms with Gasteiger partial charge in [-0.05, 0) is 13.0 Å². The minimum atomic E-state index is -1.94. The maximum atomic E-state index is 10.2. The van der Waals surface area contributed by atoms with Gasteiger partial charge in [0.2, 0.25) is 0 Å². The Hall–Kier alpha value is 0.0300. The van der Waals surface area contributed by atoms with Crippen LogP contribution in [0, 0.1) is 5.21 Å². The third-order valence-electron chi connectivity index (χ3n) is 1.15. The highest BCUT2D eigenvalue weighted by atomic mass is 32.2. The Kier molecular flexibility index (Phi) is 1.62. The van der Waals surface area contributed by atoms with E-state index < -0.39 is 16.5 Å². The largest absolute Gasteiger partial charge is 0.784 e. The molecule has 0 saturated carbocycles. The average molecular weight is 136 g/mol. The zero-order chi connectivity index (χ0) is 6.15. The summed E-state index contributed by atoms with van der Waals surface area (Å²) < 4.78 is 18.3. The molecule has 1 N–H and O–H groups in total. The van der Waals surface area contributed by atoms with Gasteiger partial charge in [0.1, 0.15) is 5.37 Å². The van der Waals surface area contributed by atoms with Gasteiger partial charge in [0.05, 0.1) is 0 Å². The van der Waals surface area contributed by atoms with Crippen LogP contribution in [0.25, 0.3) is 0 Å². The second-order valence-electron chi connectivity index (χ2n) is 1.66. The SMILES string of the molecule is O=S(O)C1CCN1[O-]. The molecule has 0 radical (unpaired) electrons. The molecular formula is C3H6NO3S-. The van der Waals surface area contributed by atoms with Crippen LogP contribution >= 0.6 is 0 Å². The maximum Gasteiger partial charge on any atom is 0.169 e. The molecule has 1 saturated heterocycles. The maximum absolute atomic E-state index is 10.2. The van der Waals surface area contributed by atoms with E-state index in [0.29, 0.717) is 18.0 Å². The van der Waals surface area contributed by atoms with Crippen LogP contribution in [0.3, 0.4) is 0 Å². The van der Waals surface area contributed by atoms with E-state index in [4.69, 9.17) is 4.55 Å². The van der Waals surface area contributed by atoms with Gasteiger partial charge in [0.15, 0.2) is 11.1 Å². The lowest BCUT2D eigenvalue weighted by Gasteiger charge is -2.43. The van der Waals surface area contributed by atoms with Gasteiger partial charge in [0, 0.05) is 0 Å². The molecule has 0 spiro atoms. The van der Waals surface area contributed by atoms with Crippen LogP contribution in [0.1, 0.15) is 6.42 Å². The van der Waals surface area contributed by atoms with Crippen LogP contribution in [-0.2, 0) is 11.1 Å². The molecule has 1 heterocycles. The third-order valence-corrected chi connectivity index (χ3v) is 2.09. The van der Waals surface area contributed by atoms with Crippen LogP contribution in [0.5, 0.6) is 0 Å². The molecule has 0 aliphatic carbocycles. The molecular weight excluding hydrogens is 130 g/mol. The van der Waals surface area contributed by atoms with Gasteiger partial charge < -0.3 is 14.8 Å². The second-order valence-corrected chi connectivity index (χ2v) is 2.76. The molecule has 48 valence electrons. The van der Waals surface area contributed by atoms with Gasteiger partial charge in [0.25, 0.3) is 0 Å². The fourth-order valence-electron chi connectivity index (χ4n) is 0.541. The molecule has 8 heavy (non-hydrogen) atoms. The summed E-state index contributed by atoms with van der Waals surface area (Å²) in [4.78, 5) is 0. The summed E-state index contributed by atoms with van der Waals surface area (Å²) >= 11 is -1.94. The van der Waals surface area contributed by atoms with Gasteiger partial charge in [-0.3, -0.25) is 0 Å². The molecule has 1 aliphatic heterocycles. The summed E-state index contributed by atoms with van der Waals surface area (Å²) in [6.07, 6.45) is 0.548. The van der Waals surface area contributed by atoms with Gasteiger partial charge in [-0.25, -0.2) is 4.21 Å². The van der Waals surface area contributed by atoms with Crippen LogP contribution in [0.15, 0.2) is 0 Å². The summed E-state index contributed by atoms with van der Waals surface area (Å²) in [6.45, 7) is 0.400. The quantitative estimate of drug-likeness (QED) is 0.504. The van der Waals surface area contributed by atoms with E-state index in [2.05, 4.69) is 0 Å². The summed E-state index contributed by atoms with van der Waals surface area (Å²) in [7, 11) is 0. The van der Waals surface area contributed by atoms with Crippen molar-refractivity contribution in [2.75, 3.05) is 6.54 Å². The van der Waals surface area contributed by atoms with Crippen molar-refractivity contribution in [3.8, 4) is 0 Å². The van der Waals surface area contributed by atoms with E-state index in [9.17, 15) is 9.42 Å². The Bertz CT molecular complexity index is 117. The van der Waals surface area contributed by atoms with Gasteiger partial charge in [-0.1, -0.05) is 0 Å². The normalized spacial score (nSPS) is 34.0. The first-order valence-electron chi connectivity index (χ1n) is 2.25. The number of nitrogens with zero attached hydrogens (tertiary/aromatic N) is 1. The van der Waals surface area contributed by atoms with E-state index in [1.807, 2.05) is 0 Å². The lowest BCUT2D eigenvalue weighted by molar-refractivity contribution is 0.219. The van der Waals surface area contributed by atoms with Gasteiger partial charge in [-0.2, -0.15) is 0 Å². The molecule has 4 nitrogen and oxygen atoms in total. The van der Waals surface area contributed by atoms with Crippen molar-refractivity contribution in [2.24, 2.45) is 0 Å². The van der Waals surface area contributed by atoms with E-state index in [1.165, 1.54) is 0 Å². The second kappa shape index (κ2) is 2.10. The van der Waals surface area contributed by atoms with E-state index in [0.717, 1.165) is 0 Å². The first-order valence-corrected chi connectivity index (χ1v) is 3.42. The molecule has 0 aromatic heterocycles. The summed E-state index contributed by atoms with van der Waals surface area (Å²) in [5.41, 5.74) is 0. The molecule has 0 aromatic rings. The Morgan fingerprint density at radius 1 is 1.88 bits per heavy atom. The number of rotatable bonds is 1. The fourth-order valence-corrected chi connectivity index (χ4v) is 1.15. The number of hydroxylamine groups is 2. The zero-order valence-electron chi connectivity index (χ0n) is 4.11. The van der Waals surface area contributed by atoms with Gasteiger partial charge >= 0.3 is 0 Å². The number of hydrogen-bond donors (Lipinski definition) is 1. The Morgan fingerprint density at radius 3 is 2.50 bits per heavy atom. The lowest BCUT2D eigenvalue weighted by Crippen LogP contribution is -2.45. The minimum Gasteiger partial charge on any atom is -0.784 e. The van der Waals surface area contributed by atoms with Gasteiger partial charge in [-0.15, -0.1) is 0 Å². The van der Waals surface area contributed by atoms with E-state index >= 15 is 0 Å². The first-order chi connectivity index (χ1) is 3.72. The highest BCUT2D eigenvalue weighted by Gasteiger charge is 2.24. The lowest BCUT2D eigenvalue weighted by atomic mass is 10.3. The summed E-state index contributed by atoms with van der Waals surface area (Å²) in [6, 6.07) is 0. The van der Waals surface area contributed by atoms with Crippen molar-refractivity contribution in [1.82, 2.24) is 5.06 Å². The molecule has 1 fully saturated rings. The van der Waals surface area contributed by atoms with Crippen LogP contribution in [-0.4, -0.2) is 25.7 Å². The molecule has 0 aromatic carbocycles. The number of hydrogen-bond acceptors (Lipinski definition) is 3. The predicted octanol–water partition coefficient (Wildman–Crippen LogP) is -0.262. The van der Waals surface area contributed by atoms with Crippen molar-refractivity contribution in [3.05, 3.63) is 5.21 Å². The standard InChI is InChI=1S/C3H6NO3S/c5-4-2-1-3(4)8(6)7/h3H,1-2H2,(H,6,7)/q-1. The van der Waals surface area contributed by atoms with Crippen molar-refractivity contribution in [2.45, 2.75) is 11.8 Å². The molecule has 2 unspecified atom stereocenters. The predicted molar refractivity (Wildman–Crippen MR) is 29.2 cm³/mol. The Morgan fingerprint density at radius 2 is 2.50 bits per heavy atom. The monoisotopic (exact) mass is 136 g/mol. The molecule has 1 rings (SSSR count). The summed E-state index contributed by atoms with van der Waals surface area (Å²) in [5, 5.41) is 10.2. The molecule has 1 aliphatic rings.